The molecule has 0 aliphatic heterocycles. The van der Waals surface area contributed by atoms with Gasteiger partial charge in [0.1, 0.15) is 0 Å². The normalized spacial score (nSPS) is 13.1. The van der Waals surface area contributed by atoms with Crippen LogP contribution < -0.4 is 11.5 Å². The molecule has 0 atom stereocenters. The maximum atomic E-state index is 12.9. The van der Waals surface area contributed by atoms with Crippen molar-refractivity contribution in [3.63, 3.8) is 0 Å². The van der Waals surface area contributed by atoms with E-state index in [1.54, 1.807) is 0 Å². The van der Waals surface area contributed by atoms with Crippen LogP contribution in [0.2, 0.25) is 0 Å². The summed E-state index contributed by atoms with van der Waals surface area (Å²) in [4.78, 5) is 14.8. The third-order valence-corrected chi connectivity index (χ3v) is 4.38. The van der Waals surface area contributed by atoms with Crippen LogP contribution in [0.1, 0.15) is 67.7 Å². The van der Waals surface area contributed by atoms with Crippen molar-refractivity contribution in [1.29, 1.82) is 0 Å². The molecule has 7 nitrogen and oxygen atoms in total. The summed E-state index contributed by atoms with van der Waals surface area (Å²) in [5.74, 6) is 0.0653. The smallest absolute Gasteiger partial charge is 0.225 e. The summed E-state index contributed by atoms with van der Waals surface area (Å²) in [5, 5.41) is 0. The van der Waals surface area contributed by atoms with Gasteiger partial charge >= 0.3 is 0 Å². The Kier molecular flexibility index (Phi) is 10.9. The molecule has 0 aromatic carbocycles. The molecule has 4 N–H and O–H groups in total. The average molecular weight is 376 g/mol. The third kappa shape index (κ3) is 11.1. The first-order valence-electron chi connectivity index (χ1n) is 9.48. The summed E-state index contributed by atoms with van der Waals surface area (Å²) >= 11 is 0. The standard InChI is InChI=1S/C19H41N3O4/c1-8-24-19(6,7)13-16(23)22(11-9-17(2,3)25-14-20)12-10-18(4,5)26-15-21/h8-15,20-21H2,1-7H3. The summed E-state index contributed by atoms with van der Waals surface area (Å²) in [5.41, 5.74) is 9.74. The molecule has 0 fully saturated rings. The first kappa shape index (κ1) is 25.3. The van der Waals surface area contributed by atoms with E-state index in [1.165, 1.54) is 0 Å². The van der Waals surface area contributed by atoms with Crippen LogP contribution in [0.15, 0.2) is 0 Å². The van der Waals surface area contributed by atoms with Crippen molar-refractivity contribution in [2.24, 2.45) is 11.5 Å². The molecule has 0 aliphatic rings. The van der Waals surface area contributed by atoms with Gasteiger partial charge in [0, 0.05) is 19.7 Å². The second-order valence-corrected chi connectivity index (χ2v) is 8.39. The molecule has 26 heavy (non-hydrogen) atoms. The minimum atomic E-state index is -0.489. The van der Waals surface area contributed by atoms with E-state index >= 15 is 0 Å². The zero-order chi connectivity index (χ0) is 20.4. The summed E-state index contributed by atoms with van der Waals surface area (Å²) in [7, 11) is 0. The number of nitrogens with zero attached hydrogens (tertiary/aromatic N) is 1. The second kappa shape index (κ2) is 11.2. The lowest BCUT2D eigenvalue weighted by molar-refractivity contribution is -0.139. The van der Waals surface area contributed by atoms with E-state index in [0.29, 0.717) is 39.0 Å². The Balaban J connectivity index is 5.00. The van der Waals surface area contributed by atoms with Crippen molar-refractivity contribution in [2.45, 2.75) is 84.5 Å². The number of hydrogen-bond donors (Lipinski definition) is 2. The van der Waals surface area contributed by atoms with Crippen LogP contribution in [0.5, 0.6) is 0 Å². The van der Waals surface area contributed by atoms with Crippen LogP contribution in [0.3, 0.4) is 0 Å². The second-order valence-electron chi connectivity index (χ2n) is 8.39. The molecule has 0 rings (SSSR count). The predicted octanol–water partition coefficient (Wildman–Crippen LogP) is 2.22. The van der Waals surface area contributed by atoms with E-state index in [0.717, 1.165) is 0 Å². The fraction of sp³-hybridized carbons (Fsp3) is 0.947. The SMILES string of the molecule is CCOC(C)(C)CC(=O)N(CCC(C)(C)OCN)CCC(C)(C)OCN. The number of rotatable bonds is 14. The maximum Gasteiger partial charge on any atom is 0.225 e. The zero-order valence-electron chi connectivity index (χ0n) is 17.9. The topological polar surface area (TPSA) is 100 Å². The monoisotopic (exact) mass is 375 g/mol. The van der Waals surface area contributed by atoms with Crippen molar-refractivity contribution in [3.8, 4) is 0 Å². The van der Waals surface area contributed by atoms with E-state index < -0.39 is 5.60 Å². The Bertz CT molecular complexity index is 390. The van der Waals surface area contributed by atoms with Crippen molar-refractivity contribution < 1.29 is 19.0 Å². The fourth-order valence-corrected chi connectivity index (χ4v) is 2.68. The van der Waals surface area contributed by atoms with Crippen LogP contribution in [-0.2, 0) is 19.0 Å². The molecule has 0 aromatic heterocycles. The lowest BCUT2D eigenvalue weighted by atomic mass is 10.0. The van der Waals surface area contributed by atoms with E-state index in [-0.39, 0.29) is 30.6 Å². The Morgan fingerprint density at radius 2 is 1.23 bits per heavy atom. The highest BCUT2D eigenvalue weighted by atomic mass is 16.5. The van der Waals surface area contributed by atoms with Crippen LogP contribution >= 0.6 is 0 Å². The number of hydrogen-bond acceptors (Lipinski definition) is 6. The summed E-state index contributed by atoms with van der Waals surface area (Å²) in [6, 6.07) is 0. The van der Waals surface area contributed by atoms with Crippen LogP contribution in [0.25, 0.3) is 0 Å². The van der Waals surface area contributed by atoms with Crippen molar-refractivity contribution in [3.05, 3.63) is 0 Å². The van der Waals surface area contributed by atoms with Gasteiger partial charge in [0.15, 0.2) is 0 Å². The molecule has 0 spiro atoms. The highest BCUT2D eigenvalue weighted by Crippen LogP contribution is 2.21. The number of nitrogens with two attached hydrogens (primary N) is 2. The number of carbonyl (C=O) groups excluding carboxylic acids is 1. The largest absolute Gasteiger partial charge is 0.375 e. The third-order valence-electron chi connectivity index (χ3n) is 4.38. The quantitative estimate of drug-likeness (QED) is 0.452. The van der Waals surface area contributed by atoms with Gasteiger partial charge in [-0.2, -0.15) is 0 Å². The van der Waals surface area contributed by atoms with Crippen molar-refractivity contribution in [2.75, 3.05) is 33.2 Å². The van der Waals surface area contributed by atoms with Gasteiger partial charge in [-0.3, -0.25) is 4.79 Å². The number of carbonyl (C=O) groups is 1. The molecule has 7 heteroatoms. The molecule has 0 radical (unpaired) electrons. The number of amides is 1. The Morgan fingerprint density at radius 1 is 0.808 bits per heavy atom. The molecule has 0 saturated heterocycles. The van der Waals surface area contributed by atoms with Gasteiger partial charge in [-0.15, -0.1) is 0 Å². The van der Waals surface area contributed by atoms with Gasteiger partial charge in [0.25, 0.3) is 0 Å². The van der Waals surface area contributed by atoms with Crippen LogP contribution in [0, 0.1) is 0 Å². The molecular formula is C19H41N3O4. The van der Waals surface area contributed by atoms with Crippen LogP contribution in [0.4, 0.5) is 0 Å². The maximum absolute atomic E-state index is 12.9. The average Bonchev–Trinajstić information content (AvgIpc) is 2.45. The predicted molar refractivity (Wildman–Crippen MR) is 105 cm³/mol. The van der Waals surface area contributed by atoms with E-state index in [1.807, 2.05) is 53.4 Å². The van der Waals surface area contributed by atoms with E-state index in [9.17, 15) is 4.79 Å². The molecule has 0 aromatic rings. The molecule has 156 valence electrons. The lowest BCUT2D eigenvalue weighted by Gasteiger charge is -2.34. The van der Waals surface area contributed by atoms with E-state index in [4.69, 9.17) is 25.7 Å². The molecule has 0 bridgehead atoms. The van der Waals surface area contributed by atoms with Crippen molar-refractivity contribution in [1.82, 2.24) is 4.90 Å². The van der Waals surface area contributed by atoms with Gasteiger partial charge in [0.2, 0.25) is 5.91 Å². The molecule has 0 saturated carbocycles. The Morgan fingerprint density at radius 3 is 1.58 bits per heavy atom. The fourth-order valence-electron chi connectivity index (χ4n) is 2.68. The molecule has 0 aliphatic carbocycles. The Labute approximate surface area is 159 Å². The highest BCUT2D eigenvalue weighted by molar-refractivity contribution is 5.77. The molecular weight excluding hydrogens is 334 g/mol. The van der Waals surface area contributed by atoms with Crippen LogP contribution in [-0.4, -0.2) is 60.8 Å². The zero-order valence-corrected chi connectivity index (χ0v) is 17.9. The molecule has 0 unspecified atom stereocenters. The van der Waals surface area contributed by atoms with Gasteiger partial charge < -0.3 is 30.6 Å². The minimum absolute atomic E-state index is 0.0653. The van der Waals surface area contributed by atoms with Crippen molar-refractivity contribution >= 4 is 5.91 Å². The number of ether oxygens (including phenoxy) is 3. The Hall–Kier alpha value is -0.730. The minimum Gasteiger partial charge on any atom is -0.375 e. The highest BCUT2D eigenvalue weighted by Gasteiger charge is 2.29. The van der Waals surface area contributed by atoms with Gasteiger partial charge in [-0.25, -0.2) is 0 Å². The lowest BCUT2D eigenvalue weighted by Crippen LogP contribution is -2.43. The molecule has 1 amide bonds. The molecule has 0 heterocycles. The van der Waals surface area contributed by atoms with Gasteiger partial charge in [0.05, 0.1) is 36.7 Å². The summed E-state index contributed by atoms with van der Waals surface area (Å²) in [6.45, 7) is 15.8. The summed E-state index contributed by atoms with van der Waals surface area (Å²) in [6.07, 6.45) is 1.73. The van der Waals surface area contributed by atoms with E-state index in [2.05, 4.69) is 0 Å². The van der Waals surface area contributed by atoms with Gasteiger partial charge in [-0.05, 0) is 61.3 Å². The summed E-state index contributed by atoms with van der Waals surface area (Å²) < 4.78 is 16.8. The van der Waals surface area contributed by atoms with Gasteiger partial charge in [-0.1, -0.05) is 0 Å². The first-order chi connectivity index (χ1) is 11.9. The first-order valence-corrected chi connectivity index (χ1v) is 9.48.